The molecule has 0 saturated heterocycles. The third kappa shape index (κ3) is 6.31. The molecular formula is C30H35N7O6S. The van der Waals surface area contributed by atoms with Crippen molar-refractivity contribution < 1.29 is 22.7 Å². The first-order valence-electron chi connectivity index (χ1n) is 13.9. The van der Waals surface area contributed by atoms with E-state index in [4.69, 9.17) is 9.47 Å². The molecule has 0 fully saturated rings. The minimum absolute atomic E-state index is 0.131. The fourth-order valence-electron chi connectivity index (χ4n) is 4.93. The molecule has 0 bridgehead atoms. The summed E-state index contributed by atoms with van der Waals surface area (Å²) in [4.78, 5) is 39.3. The number of ether oxygens (including phenoxy) is 2. The number of nitrogens with one attached hydrogen (secondary N) is 2. The van der Waals surface area contributed by atoms with Gasteiger partial charge in [-0.1, -0.05) is 18.2 Å². The molecule has 4 aromatic rings. The molecule has 0 atom stereocenters. The Balaban J connectivity index is 1.47. The highest BCUT2D eigenvalue weighted by molar-refractivity contribution is 7.88. The number of benzene rings is 2. The summed E-state index contributed by atoms with van der Waals surface area (Å²) in [5.74, 6) is 0.622. The second-order valence-electron chi connectivity index (χ2n) is 11.3. The van der Waals surface area contributed by atoms with E-state index in [0.29, 0.717) is 51.6 Å². The molecule has 0 saturated carbocycles. The number of sulfonamides is 1. The molecule has 0 aliphatic carbocycles. The maximum Gasteiger partial charge on any atom is 0.415 e. The molecule has 1 amide bonds. The van der Waals surface area contributed by atoms with Crippen LogP contribution in [-0.2, 0) is 27.6 Å². The summed E-state index contributed by atoms with van der Waals surface area (Å²) in [7, 11) is 1.17. The lowest BCUT2D eigenvalue weighted by atomic mass is 10.1. The quantitative estimate of drug-likeness (QED) is 0.310. The normalized spacial score (nSPS) is 13.5. The molecule has 2 aromatic carbocycles. The number of aromatic nitrogens is 3. The van der Waals surface area contributed by atoms with Crippen LogP contribution < -0.4 is 30.1 Å². The molecule has 2 aromatic heterocycles. The largest absolute Gasteiger partial charge is 0.494 e. The summed E-state index contributed by atoms with van der Waals surface area (Å²) in [6.45, 7) is 6.03. The highest BCUT2D eigenvalue weighted by Gasteiger charge is 2.34. The van der Waals surface area contributed by atoms with Crippen molar-refractivity contribution >= 4 is 55.8 Å². The van der Waals surface area contributed by atoms with Gasteiger partial charge in [-0.05, 0) is 63.7 Å². The van der Waals surface area contributed by atoms with Crippen LogP contribution in [0.2, 0.25) is 0 Å². The number of hydrogen-bond donors (Lipinski definition) is 2. The summed E-state index contributed by atoms with van der Waals surface area (Å²) in [5, 5.41) is 3.74. The highest BCUT2D eigenvalue weighted by atomic mass is 32.2. The van der Waals surface area contributed by atoms with Crippen LogP contribution in [0.1, 0.15) is 26.3 Å². The maximum atomic E-state index is 13.7. The average molecular weight is 622 g/mol. The molecular weight excluding hydrogens is 586 g/mol. The Morgan fingerprint density at radius 1 is 1.07 bits per heavy atom. The van der Waals surface area contributed by atoms with Crippen LogP contribution in [-0.4, -0.2) is 61.9 Å². The number of amides is 1. The minimum atomic E-state index is -3.38. The maximum absolute atomic E-state index is 13.7. The van der Waals surface area contributed by atoms with E-state index in [1.165, 1.54) is 23.6 Å². The predicted molar refractivity (Wildman–Crippen MR) is 170 cm³/mol. The number of methoxy groups -OCH3 is 1. The standard InChI is InChI=1S/C30H35N7O6S/c1-30(2,3)43-29(39)37-15-14-36(22-8-7-9-24(42-6)25(22)37)23-16-20-17-32-28(34-26(20)35(5)27(23)38)33-21-12-10-19(11-13-21)18-44(40,41)31-4/h7-13,16-17,31H,14-15,18H2,1-6H3,(H,32,33,34). The van der Waals surface area contributed by atoms with Gasteiger partial charge < -0.3 is 19.7 Å². The third-order valence-corrected chi connectivity index (χ3v) is 8.35. The van der Waals surface area contributed by atoms with Gasteiger partial charge in [-0.25, -0.2) is 22.9 Å². The molecule has 232 valence electrons. The van der Waals surface area contributed by atoms with E-state index < -0.39 is 21.7 Å². The Morgan fingerprint density at radius 3 is 2.45 bits per heavy atom. The van der Waals surface area contributed by atoms with Crippen molar-refractivity contribution in [3.8, 4) is 5.75 Å². The van der Waals surface area contributed by atoms with Crippen LogP contribution in [0.5, 0.6) is 5.75 Å². The van der Waals surface area contributed by atoms with E-state index in [9.17, 15) is 18.0 Å². The van der Waals surface area contributed by atoms with Crippen molar-refractivity contribution in [2.75, 3.05) is 42.4 Å². The summed E-state index contributed by atoms with van der Waals surface area (Å²) in [6, 6.07) is 14.0. The zero-order valence-corrected chi connectivity index (χ0v) is 26.2. The minimum Gasteiger partial charge on any atom is -0.494 e. The van der Waals surface area contributed by atoms with Crippen LogP contribution in [0.4, 0.5) is 33.5 Å². The van der Waals surface area contributed by atoms with E-state index in [-0.39, 0.29) is 23.8 Å². The number of rotatable bonds is 7. The first kappa shape index (κ1) is 30.8. The lowest BCUT2D eigenvalue weighted by Gasteiger charge is -2.38. The number of hydrogen-bond acceptors (Lipinski definition) is 10. The van der Waals surface area contributed by atoms with Crippen molar-refractivity contribution in [3.05, 3.63) is 70.6 Å². The van der Waals surface area contributed by atoms with Gasteiger partial charge in [-0.2, -0.15) is 4.98 Å². The van der Waals surface area contributed by atoms with Crippen molar-refractivity contribution in [2.24, 2.45) is 7.05 Å². The molecule has 44 heavy (non-hydrogen) atoms. The Kier molecular flexibility index (Phi) is 8.23. The van der Waals surface area contributed by atoms with Crippen LogP contribution in [0.15, 0.2) is 59.5 Å². The van der Waals surface area contributed by atoms with Gasteiger partial charge in [0.15, 0.2) is 0 Å². The summed E-state index contributed by atoms with van der Waals surface area (Å²) in [5.41, 5.74) is 2.29. The number of aryl methyl sites for hydroxylation is 1. The van der Waals surface area contributed by atoms with Crippen LogP contribution >= 0.6 is 0 Å². The number of pyridine rings is 1. The molecule has 1 aliphatic heterocycles. The van der Waals surface area contributed by atoms with Gasteiger partial charge in [0, 0.05) is 37.4 Å². The van der Waals surface area contributed by atoms with Gasteiger partial charge in [0.1, 0.15) is 28.4 Å². The topological polar surface area (TPSA) is 148 Å². The SMILES string of the molecule is CNS(=O)(=O)Cc1ccc(Nc2ncc3cc(N4CCN(C(=O)OC(C)(C)C)c5c(OC)cccc54)c(=O)n(C)c3n2)cc1. The molecule has 2 N–H and O–H groups in total. The predicted octanol–water partition coefficient (Wildman–Crippen LogP) is 4.02. The monoisotopic (exact) mass is 621 g/mol. The number of carbonyl (C=O) groups excluding carboxylic acids is 1. The second-order valence-corrected chi connectivity index (χ2v) is 13.2. The first-order chi connectivity index (χ1) is 20.8. The van der Waals surface area contributed by atoms with Crippen molar-refractivity contribution in [1.82, 2.24) is 19.3 Å². The van der Waals surface area contributed by atoms with Crippen LogP contribution in [0, 0.1) is 0 Å². The fourth-order valence-corrected chi connectivity index (χ4v) is 5.71. The van der Waals surface area contributed by atoms with Crippen molar-refractivity contribution in [2.45, 2.75) is 32.1 Å². The Hall–Kier alpha value is -4.69. The number of nitrogens with zero attached hydrogens (tertiary/aromatic N) is 5. The smallest absolute Gasteiger partial charge is 0.415 e. The molecule has 0 radical (unpaired) electrons. The molecule has 3 heterocycles. The average Bonchev–Trinajstić information content (AvgIpc) is 2.98. The molecule has 5 rings (SSSR count). The van der Waals surface area contributed by atoms with E-state index in [1.807, 2.05) is 37.8 Å². The van der Waals surface area contributed by atoms with E-state index in [1.54, 1.807) is 49.6 Å². The van der Waals surface area contributed by atoms with Gasteiger partial charge in [-0.3, -0.25) is 14.3 Å². The molecule has 0 spiro atoms. The summed E-state index contributed by atoms with van der Waals surface area (Å²) in [6.07, 6.45) is 1.13. The van der Waals surface area contributed by atoms with Gasteiger partial charge >= 0.3 is 6.09 Å². The lowest BCUT2D eigenvalue weighted by Crippen LogP contribution is -2.46. The van der Waals surface area contributed by atoms with Gasteiger partial charge in [-0.15, -0.1) is 0 Å². The summed E-state index contributed by atoms with van der Waals surface area (Å²) < 4.78 is 38.7. The first-order valence-corrected chi connectivity index (χ1v) is 15.5. The molecule has 14 heteroatoms. The Labute approximate surface area is 255 Å². The summed E-state index contributed by atoms with van der Waals surface area (Å²) >= 11 is 0. The van der Waals surface area contributed by atoms with Gasteiger partial charge in [0.25, 0.3) is 5.56 Å². The molecule has 1 aliphatic rings. The second kappa shape index (κ2) is 11.8. The van der Waals surface area contributed by atoms with E-state index >= 15 is 0 Å². The zero-order chi connectivity index (χ0) is 31.8. The number of anilines is 5. The number of para-hydroxylation sites is 1. The van der Waals surface area contributed by atoms with Crippen LogP contribution in [0.3, 0.4) is 0 Å². The van der Waals surface area contributed by atoms with Crippen LogP contribution in [0.25, 0.3) is 11.0 Å². The molecule has 0 unspecified atom stereocenters. The zero-order valence-electron chi connectivity index (χ0n) is 25.4. The number of carbonyl (C=O) groups is 1. The van der Waals surface area contributed by atoms with Crippen molar-refractivity contribution in [1.29, 1.82) is 0 Å². The van der Waals surface area contributed by atoms with E-state index in [2.05, 4.69) is 20.0 Å². The Morgan fingerprint density at radius 2 is 1.80 bits per heavy atom. The Bertz CT molecular complexity index is 1890. The van der Waals surface area contributed by atoms with Crippen molar-refractivity contribution in [3.63, 3.8) is 0 Å². The third-order valence-electron chi connectivity index (χ3n) is 7.02. The fraction of sp³-hybridized carbons (Fsp3) is 0.333. The van der Waals surface area contributed by atoms with E-state index in [0.717, 1.165) is 0 Å². The van der Waals surface area contributed by atoms with Gasteiger partial charge in [0.05, 0.1) is 18.6 Å². The molecule has 13 nitrogen and oxygen atoms in total. The highest BCUT2D eigenvalue weighted by Crippen LogP contribution is 2.43. The van der Waals surface area contributed by atoms with Gasteiger partial charge in [0.2, 0.25) is 16.0 Å². The number of fused-ring (bicyclic) bond motifs is 2. The lowest BCUT2D eigenvalue weighted by molar-refractivity contribution is 0.0579.